The Bertz CT molecular complexity index is 1180. The zero-order chi connectivity index (χ0) is 18.5. The normalized spacial score (nSPS) is 21.1. The van der Waals surface area contributed by atoms with Crippen LogP contribution in [-0.2, 0) is 6.54 Å². The largest absolute Gasteiger partial charge is 0.451 e. The average molecular weight is 362 g/mol. The van der Waals surface area contributed by atoms with Crippen molar-refractivity contribution >= 4 is 16.9 Å². The maximum absolute atomic E-state index is 13.0. The Kier molecular flexibility index (Phi) is 3.53. The molecule has 2 aliphatic heterocycles. The number of benzene rings is 1. The topological polar surface area (TPSA) is 72.5 Å². The number of likely N-dealkylation sites (tertiary alicyclic amines) is 1. The molecule has 2 atom stereocenters. The van der Waals surface area contributed by atoms with Crippen molar-refractivity contribution < 1.29 is 9.21 Å². The summed E-state index contributed by atoms with van der Waals surface area (Å²) in [6, 6.07) is 13.5. The van der Waals surface area contributed by atoms with Gasteiger partial charge in [-0.05, 0) is 30.5 Å². The van der Waals surface area contributed by atoms with Gasteiger partial charge in [0.2, 0.25) is 0 Å². The van der Waals surface area contributed by atoms with Crippen molar-refractivity contribution in [3.63, 3.8) is 0 Å². The molecule has 1 fully saturated rings. The molecule has 6 nitrogen and oxygen atoms in total. The van der Waals surface area contributed by atoms with E-state index >= 15 is 0 Å². The average Bonchev–Trinajstić information content (AvgIpc) is 2.68. The second-order valence-electron chi connectivity index (χ2n) is 7.38. The van der Waals surface area contributed by atoms with Gasteiger partial charge in [-0.3, -0.25) is 14.4 Å². The summed E-state index contributed by atoms with van der Waals surface area (Å²) >= 11 is 0. The molecule has 0 aliphatic carbocycles. The number of amides is 1. The lowest BCUT2D eigenvalue weighted by molar-refractivity contribution is 0.0564. The Labute approximate surface area is 154 Å². The van der Waals surface area contributed by atoms with Gasteiger partial charge in [0.15, 0.2) is 11.2 Å². The molecular formula is C21H18N2O4. The molecule has 136 valence electrons. The van der Waals surface area contributed by atoms with Crippen LogP contribution in [0.1, 0.15) is 28.6 Å². The van der Waals surface area contributed by atoms with Crippen LogP contribution >= 0.6 is 0 Å². The van der Waals surface area contributed by atoms with Crippen molar-refractivity contribution in [1.29, 1.82) is 0 Å². The summed E-state index contributed by atoms with van der Waals surface area (Å²) in [5.74, 6) is 0.165. The number of carbonyl (C=O) groups is 1. The first-order valence-electron chi connectivity index (χ1n) is 9.12. The zero-order valence-corrected chi connectivity index (χ0v) is 14.6. The van der Waals surface area contributed by atoms with Crippen LogP contribution in [0.2, 0.25) is 0 Å². The molecule has 4 heterocycles. The van der Waals surface area contributed by atoms with Gasteiger partial charge in [-0.25, -0.2) is 0 Å². The molecule has 2 aliphatic rings. The number of carbonyl (C=O) groups excluding carboxylic acids is 1. The van der Waals surface area contributed by atoms with E-state index in [-0.39, 0.29) is 34.5 Å². The molecule has 6 heteroatoms. The predicted octanol–water partition coefficient (Wildman–Crippen LogP) is 2.21. The Morgan fingerprint density at radius 1 is 1.00 bits per heavy atom. The summed E-state index contributed by atoms with van der Waals surface area (Å²) in [4.78, 5) is 39.2. The third kappa shape index (κ3) is 2.60. The van der Waals surface area contributed by atoms with E-state index in [2.05, 4.69) is 0 Å². The molecule has 0 N–H and O–H groups in total. The fourth-order valence-electron chi connectivity index (χ4n) is 4.43. The molecule has 27 heavy (non-hydrogen) atoms. The first-order chi connectivity index (χ1) is 13.1. The fourth-order valence-corrected chi connectivity index (χ4v) is 4.43. The van der Waals surface area contributed by atoms with E-state index in [0.29, 0.717) is 30.6 Å². The van der Waals surface area contributed by atoms with E-state index in [0.717, 1.165) is 12.1 Å². The standard InChI is InChI=1S/C21H18N2O4/c24-17-9-19(27-18-6-2-1-4-15(17)18)21(26)22-10-13-8-14(12-22)16-5-3-7-20(25)23(16)11-13/h1-7,9,13-14H,8,10-12H2/t13-,14-/m0/s1. The molecule has 5 rings (SSSR count). The van der Waals surface area contributed by atoms with E-state index in [1.807, 2.05) is 10.6 Å². The van der Waals surface area contributed by atoms with Crippen molar-refractivity contribution in [2.24, 2.45) is 5.92 Å². The van der Waals surface area contributed by atoms with E-state index in [4.69, 9.17) is 4.42 Å². The van der Waals surface area contributed by atoms with Crippen LogP contribution < -0.4 is 11.0 Å². The summed E-state index contributed by atoms with van der Waals surface area (Å²) in [7, 11) is 0. The number of hydrogen-bond donors (Lipinski definition) is 0. The quantitative estimate of drug-likeness (QED) is 0.665. The molecule has 3 aromatic rings. The second-order valence-corrected chi connectivity index (χ2v) is 7.38. The van der Waals surface area contributed by atoms with Crippen molar-refractivity contribution in [2.75, 3.05) is 13.1 Å². The lowest BCUT2D eigenvalue weighted by Gasteiger charge is -2.42. The van der Waals surface area contributed by atoms with E-state index in [9.17, 15) is 14.4 Å². The molecule has 1 saturated heterocycles. The minimum atomic E-state index is -0.265. The molecule has 1 amide bonds. The number of fused-ring (bicyclic) bond motifs is 5. The molecule has 0 radical (unpaired) electrons. The SMILES string of the molecule is O=C(c1cc(=O)c2ccccc2o1)N1C[C@@H]2C[C@@H](C1)c1cccc(=O)n1C2. The van der Waals surface area contributed by atoms with Gasteiger partial charge in [-0.1, -0.05) is 18.2 Å². The van der Waals surface area contributed by atoms with Crippen LogP contribution in [0.4, 0.5) is 0 Å². The molecule has 0 unspecified atom stereocenters. The summed E-state index contributed by atoms with van der Waals surface area (Å²) in [6.07, 6.45) is 0.967. The van der Waals surface area contributed by atoms with Crippen molar-refractivity contribution in [2.45, 2.75) is 18.9 Å². The fraction of sp³-hybridized carbons (Fsp3) is 0.286. The number of hydrogen-bond acceptors (Lipinski definition) is 4. The monoisotopic (exact) mass is 362 g/mol. The molecule has 1 aromatic carbocycles. The summed E-state index contributed by atoms with van der Waals surface area (Å²) < 4.78 is 7.55. The third-order valence-corrected chi connectivity index (χ3v) is 5.61. The smallest absolute Gasteiger partial charge is 0.289 e. The number of pyridine rings is 1. The number of nitrogens with zero attached hydrogens (tertiary/aromatic N) is 2. The van der Waals surface area contributed by atoms with E-state index < -0.39 is 0 Å². The van der Waals surface area contributed by atoms with Gasteiger partial charge in [0.25, 0.3) is 11.5 Å². The maximum Gasteiger partial charge on any atom is 0.289 e. The molecule has 2 bridgehead atoms. The van der Waals surface area contributed by atoms with Crippen LogP contribution in [0, 0.1) is 5.92 Å². The van der Waals surface area contributed by atoms with Crippen LogP contribution in [0.5, 0.6) is 0 Å². The summed E-state index contributed by atoms with van der Waals surface area (Å²) in [6.45, 7) is 1.71. The zero-order valence-electron chi connectivity index (χ0n) is 14.6. The van der Waals surface area contributed by atoms with E-state index in [1.165, 1.54) is 6.07 Å². The van der Waals surface area contributed by atoms with Crippen LogP contribution in [0.3, 0.4) is 0 Å². The maximum atomic E-state index is 13.0. The van der Waals surface area contributed by atoms with Crippen LogP contribution in [-0.4, -0.2) is 28.5 Å². The first-order valence-corrected chi connectivity index (χ1v) is 9.12. The lowest BCUT2D eigenvalue weighted by atomic mass is 9.83. The number of para-hydroxylation sites is 1. The van der Waals surface area contributed by atoms with Crippen LogP contribution in [0.15, 0.2) is 62.5 Å². The summed E-state index contributed by atoms with van der Waals surface area (Å²) in [5, 5.41) is 0.470. The number of aromatic nitrogens is 1. The highest BCUT2D eigenvalue weighted by molar-refractivity contribution is 5.93. The van der Waals surface area contributed by atoms with Crippen molar-refractivity contribution in [3.05, 3.63) is 80.6 Å². The first kappa shape index (κ1) is 16.1. The molecule has 0 spiro atoms. The predicted molar refractivity (Wildman–Crippen MR) is 99.9 cm³/mol. The highest BCUT2D eigenvalue weighted by Crippen LogP contribution is 2.35. The summed E-state index contributed by atoms with van der Waals surface area (Å²) in [5.41, 5.74) is 1.20. The Morgan fingerprint density at radius 2 is 1.85 bits per heavy atom. The van der Waals surface area contributed by atoms with Gasteiger partial charge < -0.3 is 13.9 Å². The lowest BCUT2D eigenvalue weighted by Crippen LogP contribution is -2.49. The van der Waals surface area contributed by atoms with Crippen molar-refractivity contribution in [3.8, 4) is 0 Å². The Morgan fingerprint density at radius 3 is 2.74 bits per heavy atom. The minimum Gasteiger partial charge on any atom is -0.451 e. The molecule has 2 aromatic heterocycles. The molecule has 0 saturated carbocycles. The van der Waals surface area contributed by atoms with Gasteiger partial charge >= 0.3 is 0 Å². The molecular weight excluding hydrogens is 344 g/mol. The van der Waals surface area contributed by atoms with Crippen molar-refractivity contribution in [1.82, 2.24) is 9.47 Å². The number of rotatable bonds is 1. The van der Waals surface area contributed by atoms with Crippen LogP contribution in [0.25, 0.3) is 11.0 Å². The number of piperidine rings is 1. The minimum absolute atomic E-state index is 0.0162. The van der Waals surface area contributed by atoms with Gasteiger partial charge in [0.05, 0.1) is 5.39 Å². The van der Waals surface area contributed by atoms with Gasteiger partial charge in [-0.15, -0.1) is 0 Å². The second kappa shape index (κ2) is 5.94. The Hall–Kier alpha value is -3.15. The van der Waals surface area contributed by atoms with Gasteiger partial charge in [0, 0.05) is 43.4 Å². The highest BCUT2D eigenvalue weighted by atomic mass is 16.3. The van der Waals surface area contributed by atoms with E-state index in [1.54, 1.807) is 41.3 Å². The highest BCUT2D eigenvalue weighted by Gasteiger charge is 2.37. The van der Waals surface area contributed by atoms with Gasteiger partial charge in [-0.2, -0.15) is 0 Å². The third-order valence-electron chi connectivity index (χ3n) is 5.61. The Balaban J connectivity index is 1.49. The van der Waals surface area contributed by atoms with Gasteiger partial charge in [0.1, 0.15) is 5.58 Å².